The number of thioether (sulfide) groups is 1. The molecule has 8 nitrogen and oxygen atoms in total. The van der Waals surface area contributed by atoms with E-state index in [0.29, 0.717) is 10.6 Å². The average Bonchev–Trinajstić information content (AvgIpc) is 2.65. The molecule has 9 heteroatoms. The van der Waals surface area contributed by atoms with Crippen LogP contribution in [-0.2, 0) is 9.53 Å². The lowest BCUT2D eigenvalue weighted by Gasteiger charge is -2.10. The third-order valence-corrected chi connectivity index (χ3v) is 4.02. The SMILES string of the molecule is N#CCSc1ccccc1NC(=O)COC(=O)c1cccc([N+](=O)[O-])c1. The van der Waals surface area contributed by atoms with Gasteiger partial charge in [0.2, 0.25) is 0 Å². The van der Waals surface area contributed by atoms with Gasteiger partial charge in [-0.25, -0.2) is 4.79 Å². The molecule has 2 aromatic rings. The molecule has 0 saturated heterocycles. The Hall–Kier alpha value is -3.38. The van der Waals surface area contributed by atoms with E-state index in [4.69, 9.17) is 10.00 Å². The second kappa shape index (κ2) is 9.19. The summed E-state index contributed by atoms with van der Waals surface area (Å²) in [5, 5.41) is 22.0. The van der Waals surface area contributed by atoms with Gasteiger partial charge in [-0.3, -0.25) is 14.9 Å². The molecular formula is C17H13N3O5S. The van der Waals surface area contributed by atoms with Crippen molar-refractivity contribution in [1.29, 1.82) is 5.26 Å². The molecule has 132 valence electrons. The average molecular weight is 371 g/mol. The Labute approximate surface area is 152 Å². The molecule has 0 heterocycles. The number of hydrogen-bond acceptors (Lipinski definition) is 7. The lowest BCUT2D eigenvalue weighted by molar-refractivity contribution is -0.384. The summed E-state index contributed by atoms with van der Waals surface area (Å²) in [6.07, 6.45) is 0. The van der Waals surface area contributed by atoms with Crippen LogP contribution in [0, 0.1) is 21.4 Å². The molecule has 2 aromatic carbocycles. The van der Waals surface area contributed by atoms with Crippen LogP contribution in [0.1, 0.15) is 10.4 Å². The fourth-order valence-corrected chi connectivity index (χ4v) is 2.62. The molecule has 2 rings (SSSR count). The number of para-hydroxylation sites is 1. The van der Waals surface area contributed by atoms with Gasteiger partial charge in [0, 0.05) is 17.0 Å². The molecule has 0 aliphatic rings. The summed E-state index contributed by atoms with van der Waals surface area (Å²) in [4.78, 5) is 34.7. The quantitative estimate of drug-likeness (QED) is 0.343. The molecular weight excluding hydrogens is 358 g/mol. The maximum atomic E-state index is 12.0. The van der Waals surface area contributed by atoms with Crippen LogP contribution in [0.2, 0.25) is 0 Å². The number of hydrogen-bond donors (Lipinski definition) is 1. The first kappa shape index (κ1) is 19.0. The number of esters is 1. The van der Waals surface area contributed by atoms with Gasteiger partial charge < -0.3 is 10.1 Å². The van der Waals surface area contributed by atoms with Crippen LogP contribution in [-0.4, -0.2) is 29.2 Å². The molecule has 0 atom stereocenters. The van der Waals surface area contributed by atoms with Gasteiger partial charge in [-0.05, 0) is 18.2 Å². The van der Waals surface area contributed by atoms with Crippen LogP contribution in [0.15, 0.2) is 53.4 Å². The fraction of sp³-hybridized carbons (Fsp3) is 0.118. The van der Waals surface area contributed by atoms with Crippen molar-refractivity contribution in [3.8, 4) is 6.07 Å². The Morgan fingerprint density at radius 1 is 1.23 bits per heavy atom. The number of nitrogens with zero attached hydrogens (tertiary/aromatic N) is 2. The van der Waals surface area contributed by atoms with Crippen molar-refractivity contribution in [3.63, 3.8) is 0 Å². The molecule has 0 aliphatic carbocycles. The number of amides is 1. The highest BCUT2D eigenvalue weighted by molar-refractivity contribution is 7.99. The third-order valence-electron chi connectivity index (χ3n) is 3.08. The Morgan fingerprint density at radius 3 is 2.73 bits per heavy atom. The van der Waals surface area contributed by atoms with E-state index in [1.165, 1.54) is 30.0 Å². The van der Waals surface area contributed by atoms with E-state index in [-0.39, 0.29) is 17.0 Å². The number of nitrogens with one attached hydrogen (secondary N) is 1. The van der Waals surface area contributed by atoms with Crippen molar-refractivity contribution in [2.24, 2.45) is 0 Å². The van der Waals surface area contributed by atoms with Crippen LogP contribution in [0.4, 0.5) is 11.4 Å². The van der Waals surface area contributed by atoms with E-state index >= 15 is 0 Å². The Bertz CT molecular complexity index is 879. The van der Waals surface area contributed by atoms with Crippen molar-refractivity contribution in [1.82, 2.24) is 0 Å². The number of carbonyl (C=O) groups excluding carboxylic acids is 2. The van der Waals surface area contributed by atoms with Gasteiger partial charge in [-0.2, -0.15) is 5.26 Å². The smallest absolute Gasteiger partial charge is 0.338 e. The molecule has 1 amide bonds. The molecule has 0 saturated carbocycles. The zero-order chi connectivity index (χ0) is 18.9. The number of benzene rings is 2. The predicted molar refractivity (Wildman–Crippen MR) is 94.8 cm³/mol. The van der Waals surface area contributed by atoms with Crippen molar-refractivity contribution in [2.45, 2.75) is 4.90 Å². The largest absolute Gasteiger partial charge is 0.452 e. The second-order valence-electron chi connectivity index (χ2n) is 4.87. The number of carbonyl (C=O) groups is 2. The highest BCUT2D eigenvalue weighted by atomic mass is 32.2. The molecule has 0 aliphatic heterocycles. The minimum atomic E-state index is -0.837. The zero-order valence-corrected chi connectivity index (χ0v) is 14.2. The maximum Gasteiger partial charge on any atom is 0.338 e. The van der Waals surface area contributed by atoms with Gasteiger partial charge in [0.05, 0.1) is 28.0 Å². The third kappa shape index (κ3) is 5.32. The molecule has 26 heavy (non-hydrogen) atoms. The molecule has 0 unspecified atom stereocenters. The summed E-state index contributed by atoms with van der Waals surface area (Å²) in [6, 6.07) is 14.0. The van der Waals surface area contributed by atoms with E-state index in [0.717, 1.165) is 6.07 Å². The number of nitriles is 1. The van der Waals surface area contributed by atoms with Crippen molar-refractivity contribution in [2.75, 3.05) is 17.7 Å². The topological polar surface area (TPSA) is 122 Å². The van der Waals surface area contributed by atoms with Gasteiger partial charge in [0.25, 0.3) is 11.6 Å². The first-order valence-corrected chi connectivity index (χ1v) is 8.30. The molecule has 1 N–H and O–H groups in total. The van der Waals surface area contributed by atoms with Crippen molar-refractivity contribution < 1.29 is 19.2 Å². The van der Waals surface area contributed by atoms with Crippen LogP contribution in [0.3, 0.4) is 0 Å². The van der Waals surface area contributed by atoms with Crippen molar-refractivity contribution in [3.05, 3.63) is 64.2 Å². The summed E-state index contributed by atoms with van der Waals surface area (Å²) in [7, 11) is 0. The van der Waals surface area contributed by atoms with E-state index in [9.17, 15) is 19.7 Å². The van der Waals surface area contributed by atoms with E-state index in [2.05, 4.69) is 5.32 Å². The van der Waals surface area contributed by atoms with Crippen LogP contribution in [0.25, 0.3) is 0 Å². The summed E-state index contributed by atoms with van der Waals surface area (Å²) in [5.41, 5.74) is 0.244. The predicted octanol–water partition coefficient (Wildman–Crippen LogP) is 3.01. The molecule has 0 bridgehead atoms. The number of non-ortho nitro benzene ring substituents is 1. The lowest BCUT2D eigenvalue weighted by atomic mass is 10.2. The van der Waals surface area contributed by atoms with E-state index in [1.807, 2.05) is 6.07 Å². The van der Waals surface area contributed by atoms with Crippen LogP contribution >= 0.6 is 11.8 Å². The number of rotatable bonds is 7. The fourth-order valence-electron chi connectivity index (χ4n) is 1.95. The normalized spacial score (nSPS) is 9.81. The number of nitro groups is 1. The lowest BCUT2D eigenvalue weighted by Crippen LogP contribution is -2.21. The Morgan fingerprint density at radius 2 is 2.00 bits per heavy atom. The van der Waals surface area contributed by atoms with E-state index in [1.54, 1.807) is 24.3 Å². The first-order chi connectivity index (χ1) is 12.5. The standard InChI is InChI=1S/C17H13N3O5S/c18-8-9-26-15-7-2-1-6-14(15)19-16(21)11-25-17(22)12-4-3-5-13(10-12)20(23)24/h1-7,10H,9,11H2,(H,19,21). The second-order valence-corrected chi connectivity index (χ2v) is 5.89. The van der Waals surface area contributed by atoms with Gasteiger partial charge >= 0.3 is 5.97 Å². The van der Waals surface area contributed by atoms with Gasteiger partial charge in [-0.15, -0.1) is 11.8 Å². The summed E-state index contributed by atoms with van der Waals surface area (Å²) in [6.45, 7) is -0.543. The maximum absolute atomic E-state index is 12.0. The summed E-state index contributed by atoms with van der Waals surface area (Å²) < 4.78 is 4.89. The van der Waals surface area contributed by atoms with Crippen LogP contribution < -0.4 is 5.32 Å². The first-order valence-electron chi connectivity index (χ1n) is 7.31. The minimum absolute atomic E-state index is 0.0167. The Kier molecular flexibility index (Phi) is 6.70. The van der Waals surface area contributed by atoms with Crippen LogP contribution in [0.5, 0.6) is 0 Å². The molecule has 0 spiro atoms. The molecule has 0 radical (unpaired) electrons. The number of anilines is 1. The van der Waals surface area contributed by atoms with Gasteiger partial charge in [0.15, 0.2) is 6.61 Å². The summed E-state index contributed by atoms with van der Waals surface area (Å²) in [5.74, 6) is -1.17. The number of nitro benzene ring substituents is 1. The van der Waals surface area contributed by atoms with Gasteiger partial charge in [0.1, 0.15) is 0 Å². The highest BCUT2D eigenvalue weighted by Gasteiger charge is 2.15. The highest BCUT2D eigenvalue weighted by Crippen LogP contribution is 2.26. The molecule has 0 fully saturated rings. The zero-order valence-electron chi connectivity index (χ0n) is 13.4. The Balaban J connectivity index is 1.95. The minimum Gasteiger partial charge on any atom is -0.452 e. The molecule has 0 aromatic heterocycles. The van der Waals surface area contributed by atoms with Crippen molar-refractivity contribution >= 4 is 35.0 Å². The number of ether oxygens (including phenoxy) is 1. The van der Waals surface area contributed by atoms with E-state index < -0.39 is 23.4 Å². The monoisotopic (exact) mass is 371 g/mol. The van der Waals surface area contributed by atoms with Gasteiger partial charge in [-0.1, -0.05) is 18.2 Å². The summed E-state index contributed by atoms with van der Waals surface area (Å²) >= 11 is 1.27.